The molecule has 2 atom stereocenters. The standard InChI is InChI=1S/C12H23NO2S/c1-13-11-7-4-8-12(11)16(14,15)9-10-5-2-3-6-10/h10-13H,2-9H2,1H3. The summed E-state index contributed by atoms with van der Waals surface area (Å²) in [7, 11) is -0.984. The van der Waals surface area contributed by atoms with Crippen molar-refractivity contribution in [2.45, 2.75) is 56.2 Å². The van der Waals surface area contributed by atoms with E-state index in [9.17, 15) is 8.42 Å². The molecule has 3 nitrogen and oxygen atoms in total. The molecule has 0 aliphatic heterocycles. The number of hydrogen-bond acceptors (Lipinski definition) is 3. The van der Waals surface area contributed by atoms with Gasteiger partial charge in [-0.05, 0) is 38.6 Å². The molecule has 0 aromatic carbocycles. The predicted octanol–water partition coefficient (Wildman–Crippen LogP) is 1.73. The fraction of sp³-hybridized carbons (Fsp3) is 1.00. The third-order valence-electron chi connectivity index (χ3n) is 4.23. The number of nitrogens with one attached hydrogen (secondary N) is 1. The SMILES string of the molecule is CNC1CCCC1S(=O)(=O)CC1CCCC1. The average Bonchev–Trinajstić information content (AvgIpc) is 2.85. The molecule has 2 aliphatic rings. The van der Waals surface area contributed by atoms with E-state index in [0.29, 0.717) is 11.7 Å². The summed E-state index contributed by atoms with van der Waals surface area (Å²) in [5, 5.41) is 3.05. The van der Waals surface area contributed by atoms with Gasteiger partial charge < -0.3 is 5.32 Å². The predicted molar refractivity (Wildman–Crippen MR) is 66.2 cm³/mol. The second-order valence-corrected chi connectivity index (χ2v) is 7.61. The molecule has 0 aromatic rings. The van der Waals surface area contributed by atoms with Crippen LogP contribution in [0, 0.1) is 5.92 Å². The summed E-state index contributed by atoms with van der Waals surface area (Å²) in [4.78, 5) is 0. The normalized spacial score (nSPS) is 32.3. The topological polar surface area (TPSA) is 46.2 Å². The highest BCUT2D eigenvalue weighted by Crippen LogP contribution is 2.31. The van der Waals surface area contributed by atoms with Crippen LogP contribution in [-0.2, 0) is 9.84 Å². The maximum atomic E-state index is 12.3. The zero-order valence-corrected chi connectivity index (χ0v) is 10.9. The van der Waals surface area contributed by atoms with Gasteiger partial charge >= 0.3 is 0 Å². The molecule has 4 heteroatoms. The van der Waals surface area contributed by atoms with Gasteiger partial charge in [0.25, 0.3) is 0 Å². The minimum atomic E-state index is -2.87. The van der Waals surface area contributed by atoms with Crippen molar-refractivity contribution in [2.24, 2.45) is 5.92 Å². The number of hydrogen-bond donors (Lipinski definition) is 1. The maximum absolute atomic E-state index is 12.3. The van der Waals surface area contributed by atoms with E-state index >= 15 is 0 Å². The Balaban J connectivity index is 2.00. The third kappa shape index (κ3) is 2.59. The molecule has 0 radical (unpaired) electrons. The first kappa shape index (κ1) is 12.4. The number of rotatable bonds is 4. The molecule has 2 unspecified atom stereocenters. The van der Waals surface area contributed by atoms with Gasteiger partial charge in [-0.1, -0.05) is 19.3 Å². The van der Waals surface area contributed by atoms with E-state index in [4.69, 9.17) is 0 Å². The van der Waals surface area contributed by atoms with Crippen molar-refractivity contribution >= 4 is 9.84 Å². The lowest BCUT2D eigenvalue weighted by Crippen LogP contribution is -2.40. The summed E-state index contributed by atoms with van der Waals surface area (Å²) < 4.78 is 24.6. The Labute approximate surface area is 98.9 Å². The van der Waals surface area contributed by atoms with Crippen molar-refractivity contribution in [2.75, 3.05) is 12.8 Å². The molecule has 0 aromatic heterocycles. The Morgan fingerprint density at radius 1 is 1.06 bits per heavy atom. The van der Waals surface area contributed by atoms with Crippen LogP contribution in [0.15, 0.2) is 0 Å². The summed E-state index contributed by atoms with van der Waals surface area (Å²) in [5.41, 5.74) is 0. The molecule has 2 aliphatic carbocycles. The summed E-state index contributed by atoms with van der Waals surface area (Å²) in [5.74, 6) is 0.888. The first-order valence-corrected chi connectivity index (χ1v) is 8.24. The Hall–Kier alpha value is -0.0900. The molecule has 0 bridgehead atoms. The van der Waals surface area contributed by atoms with Crippen LogP contribution in [0.25, 0.3) is 0 Å². The van der Waals surface area contributed by atoms with Crippen molar-refractivity contribution in [3.05, 3.63) is 0 Å². The van der Waals surface area contributed by atoms with Crippen LogP contribution >= 0.6 is 0 Å². The zero-order valence-electron chi connectivity index (χ0n) is 10.1. The van der Waals surface area contributed by atoms with Gasteiger partial charge in [0.05, 0.1) is 11.0 Å². The fourth-order valence-electron chi connectivity index (χ4n) is 3.32. The van der Waals surface area contributed by atoms with Gasteiger partial charge in [-0.25, -0.2) is 8.42 Å². The molecule has 1 N–H and O–H groups in total. The summed E-state index contributed by atoms with van der Waals surface area (Å²) in [6.07, 6.45) is 7.62. The molecule has 2 saturated carbocycles. The lowest BCUT2D eigenvalue weighted by molar-refractivity contribution is 0.520. The smallest absolute Gasteiger partial charge is 0.154 e. The molecule has 94 valence electrons. The van der Waals surface area contributed by atoms with Crippen LogP contribution in [0.5, 0.6) is 0 Å². The van der Waals surface area contributed by atoms with Crippen molar-refractivity contribution < 1.29 is 8.42 Å². The second kappa shape index (κ2) is 5.05. The van der Waals surface area contributed by atoms with Crippen LogP contribution in [0.1, 0.15) is 44.9 Å². The number of sulfone groups is 1. The van der Waals surface area contributed by atoms with Crippen LogP contribution in [0.4, 0.5) is 0 Å². The van der Waals surface area contributed by atoms with E-state index in [-0.39, 0.29) is 11.3 Å². The highest BCUT2D eigenvalue weighted by Gasteiger charge is 2.37. The lowest BCUT2D eigenvalue weighted by atomic mass is 10.1. The first-order chi connectivity index (χ1) is 7.63. The molecule has 0 spiro atoms. The third-order valence-corrected chi connectivity index (χ3v) is 6.65. The molecule has 16 heavy (non-hydrogen) atoms. The van der Waals surface area contributed by atoms with E-state index in [2.05, 4.69) is 5.32 Å². The van der Waals surface area contributed by atoms with E-state index in [1.54, 1.807) is 0 Å². The maximum Gasteiger partial charge on any atom is 0.154 e. The highest BCUT2D eigenvalue weighted by atomic mass is 32.2. The van der Waals surface area contributed by atoms with Gasteiger partial charge in [-0.15, -0.1) is 0 Å². The van der Waals surface area contributed by atoms with Crippen molar-refractivity contribution in [1.29, 1.82) is 0 Å². The Morgan fingerprint density at radius 2 is 1.75 bits per heavy atom. The Bertz CT molecular complexity index is 320. The van der Waals surface area contributed by atoms with Crippen LogP contribution in [0.2, 0.25) is 0 Å². The van der Waals surface area contributed by atoms with Gasteiger partial charge in [0.15, 0.2) is 9.84 Å². The van der Waals surface area contributed by atoms with Crippen LogP contribution < -0.4 is 5.32 Å². The largest absolute Gasteiger partial charge is 0.316 e. The Morgan fingerprint density at radius 3 is 2.38 bits per heavy atom. The van der Waals surface area contributed by atoms with Crippen molar-refractivity contribution in [1.82, 2.24) is 5.32 Å². The first-order valence-electron chi connectivity index (χ1n) is 6.52. The molecule has 0 amide bonds. The lowest BCUT2D eigenvalue weighted by Gasteiger charge is -2.21. The molecule has 0 saturated heterocycles. The van der Waals surface area contributed by atoms with Gasteiger partial charge in [0.2, 0.25) is 0 Å². The van der Waals surface area contributed by atoms with Gasteiger partial charge in [-0.2, -0.15) is 0 Å². The van der Waals surface area contributed by atoms with E-state index in [0.717, 1.165) is 32.1 Å². The molecule has 2 fully saturated rings. The monoisotopic (exact) mass is 245 g/mol. The minimum Gasteiger partial charge on any atom is -0.316 e. The van der Waals surface area contributed by atoms with Gasteiger partial charge in [-0.3, -0.25) is 0 Å². The van der Waals surface area contributed by atoms with Crippen LogP contribution in [-0.4, -0.2) is 32.5 Å². The van der Waals surface area contributed by atoms with Gasteiger partial charge in [0, 0.05) is 6.04 Å². The van der Waals surface area contributed by atoms with Crippen LogP contribution in [0.3, 0.4) is 0 Å². The molecular weight excluding hydrogens is 222 g/mol. The van der Waals surface area contributed by atoms with Gasteiger partial charge in [0.1, 0.15) is 0 Å². The highest BCUT2D eigenvalue weighted by molar-refractivity contribution is 7.92. The van der Waals surface area contributed by atoms with E-state index < -0.39 is 9.84 Å². The molecular formula is C12H23NO2S. The van der Waals surface area contributed by atoms with E-state index in [1.807, 2.05) is 7.05 Å². The molecule has 0 heterocycles. The van der Waals surface area contributed by atoms with E-state index in [1.165, 1.54) is 12.8 Å². The quantitative estimate of drug-likeness (QED) is 0.820. The average molecular weight is 245 g/mol. The molecule has 2 rings (SSSR count). The second-order valence-electron chi connectivity index (χ2n) is 5.34. The van der Waals surface area contributed by atoms with Crippen molar-refractivity contribution in [3.8, 4) is 0 Å². The zero-order chi connectivity index (χ0) is 11.6. The fourth-order valence-corrected chi connectivity index (χ4v) is 5.85. The summed E-state index contributed by atoms with van der Waals surface area (Å²) >= 11 is 0. The van der Waals surface area contributed by atoms with Crippen molar-refractivity contribution in [3.63, 3.8) is 0 Å². The summed E-state index contributed by atoms with van der Waals surface area (Å²) in [6.45, 7) is 0. The summed E-state index contributed by atoms with van der Waals surface area (Å²) in [6, 6.07) is 0.200. The Kier molecular flexibility index (Phi) is 3.90. The minimum absolute atomic E-state index is 0.113.